The number of phosphoric ester groups is 2. The third-order valence-corrected chi connectivity index (χ3v) is 19.7. The van der Waals surface area contributed by atoms with Crippen LogP contribution in [0.1, 0.15) is 387 Å². The Morgan fingerprint density at radius 3 is 0.760 bits per heavy atom. The lowest BCUT2D eigenvalue weighted by Crippen LogP contribution is -2.30. The van der Waals surface area contributed by atoms with Crippen LogP contribution < -0.4 is 0 Å². The van der Waals surface area contributed by atoms with Gasteiger partial charge in [-0.1, -0.05) is 320 Å². The molecule has 17 nitrogen and oxygen atoms in total. The van der Waals surface area contributed by atoms with Gasteiger partial charge in [-0.25, -0.2) is 9.13 Å². The molecule has 0 saturated heterocycles. The minimum Gasteiger partial charge on any atom is -0.462 e. The Morgan fingerprint density at radius 1 is 0.280 bits per heavy atom. The van der Waals surface area contributed by atoms with Crippen molar-refractivity contribution in [3.8, 4) is 0 Å². The van der Waals surface area contributed by atoms with E-state index in [9.17, 15) is 43.2 Å². The standard InChI is InChI=1S/C81H150O17P2/c1-5-9-13-17-21-25-29-33-36-37-40-43-46-50-54-58-62-66-79(84)92-71-76(97-80(85)67-63-59-55-51-47-41-32-28-24-20-16-12-8-4)73-95-99(87,88)93-69-75(82)70-94-100(89,90)96-74-77(98-81(86)68-64-60-56-52-48-44-39-35-31-27-23-19-15-11-7-3)72-91-78(83)65-61-57-53-49-45-42-38-34-30-26-22-18-14-10-6-2/h22-23,26-27,34-35,38-39,75-77,82H,5-21,24-25,28-33,36-37,40-74H2,1-4H3,(H,87,88)(H,89,90)/b26-22-,27-23-,38-34-,39-35-/t75-,76+,77+/m0/s1. The molecule has 0 fully saturated rings. The van der Waals surface area contributed by atoms with Crippen molar-refractivity contribution in [2.45, 2.75) is 406 Å². The van der Waals surface area contributed by atoms with E-state index in [-0.39, 0.29) is 25.7 Å². The maximum absolute atomic E-state index is 13.1. The van der Waals surface area contributed by atoms with Crippen LogP contribution in [0.5, 0.6) is 0 Å². The predicted molar refractivity (Wildman–Crippen MR) is 409 cm³/mol. The van der Waals surface area contributed by atoms with E-state index in [4.69, 9.17) is 37.0 Å². The van der Waals surface area contributed by atoms with E-state index in [1.807, 2.05) is 0 Å². The van der Waals surface area contributed by atoms with Gasteiger partial charge in [0.2, 0.25) is 0 Å². The van der Waals surface area contributed by atoms with Crippen LogP contribution in [0.2, 0.25) is 0 Å². The van der Waals surface area contributed by atoms with Crippen molar-refractivity contribution in [1.82, 2.24) is 0 Å². The van der Waals surface area contributed by atoms with E-state index in [1.54, 1.807) is 0 Å². The summed E-state index contributed by atoms with van der Waals surface area (Å²) in [6.07, 6.45) is 72.2. The average molecular weight is 1460 g/mol. The number of aliphatic hydroxyl groups excluding tert-OH is 1. The van der Waals surface area contributed by atoms with E-state index in [0.29, 0.717) is 25.7 Å². The predicted octanol–water partition coefficient (Wildman–Crippen LogP) is 23.7. The van der Waals surface area contributed by atoms with Crippen LogP contribution in [0.4, 0.5) is 0 Å². The van der Waals surface area contributed by atoms with Crippen molar-refractivity contribution < 1.29 is 80.2 Å². The molecule has 0 amide bonds. The number of ether oxygens (including phenoxy) is 4. The number of carbonyl (C=O) groups excluding carboxylic acids is 4. The molecule has 0 radical (unpaired) electrons. The average Bonchev–Trinajstić information content (AvgIpc) is 0.988. The quantitative estimate of drug-likeness (QED) is 0.0169. The number of unbranched alkanes of at least 4 members (excludes halogenated alkanes) is 44. The SMILES string of the molecule is CCCCC/C=C\C/C=C\CCCCCCCC(=O)OC[C@H](COP(=O)(O)OC[C@@H](O)COP(=O)(O)OC[C@@H](COC(=O)CCCCCCCCCCCCCCCCCCC)OC(=O)CCCCCCCCCCCCCCC)OC(=O)CCCCCCC/C=C\C/C=C\CCCCC. The maximum Gasteiger partial charge on any atom is 0.472 e. The van der Waals surface area contributed by atoms with Gasteiger partial charge in [-0.2, -0.15) is 0 Å². The summed E-state index contributed by atoms with van der Waals surface area (Å²) in [4.78, 5) is 73.0. The number of carbonyl (C=O) groups is 4. The van der Waals surface area contributed by atoms with Crippen LogP contribution in [0.3, 0.4) is 0 Å². The third-order valence-electron chi connectivity index (χ3n) is 17.8. The van der Waals surface area contributed by atoms with E-state index in [2.05, 4.69) is 76.3 Å². The lowest BCUT2D eigenvalue weighted by molar-refractivity contribution is -0.161. The lowest BCUT2D eigenvalue weighted by atomic mass is 10.0. The summed E-state index contributed by atoms with van der Waals surface area (Å²) in [5.74, 6) is -2.16. The molecule has 0 aliphatic heterocycles. The highest BCUT2D eigenvalue weighted by atomic mass is 31.2. The van der Waals surface area contributed by atoms with Crippen LogP contribution in [0.15, 0.2) is 48.6 Å². The number of rotatable bonds is 78. The summed E-state index contributed by atoms with van der Waals surface area (Å²) < 4.78 is 68.6. The molecule has 0 aliphatic carbocycles. The first-order valence-electron chi connectivity index (χ1n) is 40.9. The summed E-state index contributed by atoms with van der Waals surface area (Å²) in [5.41, 5.74) is 0. The van der Waals surface area contributed by atoms with Crippen molar-refractivity contribution in [2.75, 3.05) is 39.6 Å². The van der Waals surface area contributed by atoms with E-state index in [1.165, 1.54) is 173 Å². The number of aliphatic hydroxyl groups is 1. The van der Waals surface area contributed by atoms with Gasteiger partial charge in [0, 0.05) is 25.7 Å². The fraction of sp³-hybridized carbons (Fsp3) is 0.852. The van der Waals surface area contributed by atoms with Gasteiger partial charge in [0.15, 0.2) is 12.2 Å². The molecule has 0 aliphatic rings. The zero-order chi connectivity index (χ0) is 73.2. The fourth-order valence-corrected chi connectivity index (χ4v) is 13.1. The van der Waals surface area contributed by atoms with Crippen molar-refractivity contribution in [2.24, 2.45) is 0 Å². The zero-order valence-corrected chi connectivity index (χ0v) is 65.9. The highest BCUT2D eigenvalue weighted by Gasteiger charge is 2.30. The summed E-state index contributed by atoms with van der Waals surface area (Å²) in [7, 11) is -9.94. The number of esters is 4. The van der Waals surface area contributed by atoms with Gasteiger partial charge in [-0.05, 0) is 89.9 Å². The monoisotopic (exact) mass is 1460 g/mol. The molecule has 0 bridgehead atoms. The minimum atomic E-state index is -4.97. The Morgan fingerprint density at radius 2 is 0.490 bits per heavy atom. The van der Waals surface area contributed by atoms with Gasteiger partial charge in [0.25, 0.3) is 0 Å². The van der Waals surface area contributed by atoms with E-state index >= 15 is 0 Å². The largest absolute Gasteiger partial charge is 0.472 e. The molecule has 0 rings (SSSR count). The van der Waals surface area contributed by atoms with Gasteiger partial charge in [0.05, 0.1) is 26.4 Å². The molecule has 0 saturated carbocycles. The first-order chi connectivity index (χ1) is 48.7. The second kappa shape index (κ2) is 74.3. The molecule has 100 heavy (non-hydrogen) atoms. The van der Waals surface area contributed by atoms with Crippen molar-refractivity contribution in [3.63, 3.8) is 0 Å². The zero-order valence-electron chi connectivity index (χ0n) is 64.1. The van der Waals surface area contributed by atoms with Gasteiger partial charge in [-0.3, -0.25) is 37.3 Å². The Labute approximate surface area is 610 Å². The molecule has 19 heteroatoms. The molecule has 0 aromatic heterocycles. The van der Waals surface area contributed by atoms with Gasteiger partial charge in [-0.15, -0.1) is 0 Å². The van der Waals surface area contributed by atoms with Crippen LogP contribution in [0.25, 0.3) is 0 Å². The van der Waals surface area contributed by atoms with Gasteiger partial charge < -0.3 is 33.8 Å². The van der Waals surface area contributed by atoms with E-state index < -0.39 is 97.5 Å². The lowest BCUT2D eigenvalue weighted by Gasteiger charge is -2.21. The molecule has 2 unspecified atom stereocenters. The number of hydrogen-bond donors (Lipinski definition) is 3. The molecule has 586 valence electrons. The van der Waals surface area contributed by atoms with Crippen molar-refractivity contribution in [3.05, 3.63) is 48.6 Å². The second-order valence-corrected chi connectivity index (χ2v) is 30.6. The Hall–Kier alpha value is -2.98. The molecule has 0 aromatic rings. The van der Waals surface area contributed by atoms with Crippen molar-refractivity contribution >= 4 is 39.5 Å². The smallest absolute Gasteiger partial charge is 0.462 e. The molecular formula is C81H150O17P2. The Bertz CT molecular complexity index is 2080. The number of allylic oxidation sites excluding steroid dienone is 8. The van der Waals surface area contributed by atoms with Gasteiger partial charge in [0.1, 0.15) is 19.3 Å². The Kier molecular flexibility index (Phi) is 72.1. The number of hydrogen-bond acceptors (Lipinski definition) is 15. The van der Waals surface area contributed by atoms with Crippen LogP contribution in [-0.2, 0) is 65.4 Å². The summed E-state index contributed by atoms with van der Waals surface area (Å²) in [5, 5.41) is 10.6. The Balaban J connectivity index is 5.31. The molecule has 0 heterocycles. The fourth-order valence-electron chi connectivity index (χ4n) is 11.5. The highest BCUT2D eigenvalue weighted by Crippen LogP contribution is 2.45. The van der Waals surface area contributed by atoms with E-state index in [0.717, 1.165) is 135 Å². The van der Waals surface area contributed by atoms with Crippen molar-refractivity contribution in [1.29, 1.82) is 0 Å². The highest BCUT2D eigenvalue weighted by molar-refractivity contribution is 7.47. The molecule has 0 spiro atoms. The maximum atomic E-state index is 13.1. The van der Waals surface area contributed by atoms with Crippen LogP contribution >= 0.6 is 15.6 Å². The van der Waals surface area contributed by atoms with Crippen LogP contribution in [-0.4, -0.2) is 96.7 Å². The topological polar surface area (TPSA) is 237 Å². The minimum absolute atomic E-state index is 0.0806. The number of phosphoric acid groups is 2. The first kappa shape index (κ1) is 97.0. The molecule has 0 aromatic carbocycles. The second-order valence-electron chi connectivity index (χ2n) is 27.7. The molecule has 5 atom stereocenters. The normalized spacial score (nSPS) is 14.1. The van der Waals surface area contributed by atoms with Crippen LogP contribution in [0, 0.1) is 0 Å². The van der Waals surface area contributed by atoms with Gasteiger partial charge >= 0.3 is 39.5 Å². The molecule has 3 N–H and O–H groups in total. The summed E-state index contributed by atoms with van der Waals surface area (Å²) >= 11 is 0. The third kappa shape index (κ3) is 73.3. The molecular weight excluding hydrogens is 1310 g/mol. The summed E-state index contributed by atoms with van der Waals surface area (Å²) in [6, 6.07) is 0. The summed E-state index contributed by atoms with van der Waals surface area (Å²) in [6.45, 7) is 4.89. The first-order valence-corrected chi connectivity index (χ1v) is 43.9.